The molecule has 2 aliphatic rings. The van der Waals surface area contributed by atoms with Crippen molar-refractivity contribution in [1.29, 1.82) is 0 Å². The zero-order chi connectivity index (χ0) is 25.5. The maximum absolute atomic E-state index is 12.4. The molecule has 1 unspecified atom stereocenters. The monoisotopic (exact) mass is 494 g/mol. The summed E-state index contributed by atoms with van der Waals surface area (Å²) in [5.41, 5.74) is 3.33. The van der Waals surface area contributed by atoms with Crippen molar-refractivity contribution in [1.82, 2.24) is 9.80 Å². The molecule has 7 nitrogen and oxygen atoms in total. The van der Waals surface area contributed by atoms with Crippen LogP contribution in [-0.2, 0) is 15.1 Å². The highest BCUT2D eigenvalue weighted by molar-refractivity contribution is 5.92. The number of hydrogen-bond acceptors (Lipinski definition) is 6. The lowest BCUT2D eigenvalue weighted by Crippen LogP contribution is -2.46. The largest absolute Gasteiger partial charge is 0.490 e. The first-order valence-electron chi connectivity index (χ1n) is 12.8. The molecule has 2 heterocycles. The molecule has 0 aliphatic carbocycles. The summed E-state index contributed by atoms with van der Waals surface area (Å²) in [4.78, 5) is 16.4. The van der Waals surface area contributed by atoms with Gasteiger partial charge in [0.15, 0.2) is 0 Å². The summed E-state index contributed by atoms with van der Waals surface area (Å²) in [6.07, 6.45) is 3.93. The third-order valence-electron chi connectivity index (χ3n) is 7.34. The van der Waals surface area contributed by atoms with Crippen LogP contribution in [0.4, 0.5) is 0 Å². The Morgan fingerprint density at radius 2 is 1.81 bits per heavy atom. The summed E-state index contributed by atoms with van der Waals surface area (Å²) in [6.45, 7) is 8.55. The lowest BCUT2D eigenvalue weighted by Gasteiger charge is -2.40. The first-order chi connectivity index (χ1) is 17.4. The molecule has 0 spiro atoms. The number of hydrogen-bond donors (Lipinski definition) is 2. The Bertz CT molecular complexity index is 1060. The van der Waals surface area contributed by atoms with Crippen LogP contribution >= 0.6 is 0 Å². The van der Waals surface area contributed by atoms with Crippen LogP contribution < -0.4 is 4.74 Å². The summed E-state index contributed by atoms with van der Waals surface area (Å²) in [7, 11) is 0. The Kier molecular flexibility index (Phi) is 8.80. The van der Waals surface area contributed by atoms with E-state index in [0.29, 0.717) is 64.5 Å². The average molecular weight is 495 g/mol. The van der Waals surface area contributed by atoms with Gasteiger partial charge in [-0.2, -0.15) is 0 Å². The van der Waals surface area contributed by atoms with Crippen LogP contribution in [-0.4, -0.2) is 84.6 Å². The fraction of sp³-hybridized carbons (Fsp3) is 0.483. The molecule has 36 heavy (non-hydrogen) atoms. The van der Waals surface area contributed by atoms with E-state index >= 15 is 0 Å². The molecule has 2 saturated heterocycles. The van der Waals surface area contributed by atoms with E-state index in [0.717, 1.165) is 16.7 Å². The zero-order valence-corrected chi connectivity index (χ0v) is 21.4. The third-order valence-corrected chi connectivity index (χ3v) is 7.34. The molecular weight excluding hydrogens is 456 g/mol. The standard InChI is InChI=1S/C29H38N2O5/c1-22-6-5-8-26(23(22)2)29(34)12-14-30(15-13-29)20-25(32)21-36-27-9-4-3-7-24(27)10-11-28(33)31-16-18-35-19-17-31/h3-11,25,32,34H,12-21H2,1-2H3. The minimum Gasteiger partial charge on any atom is -0.490 e. The van der Waals surface area contributed by atoms with Gasteiger partial charge in [-0.15, -0.1) is 0 Å². The van der Waals surface area contributed by atoms with Gasteiger partial charge in [0, 0.05) is 44.4 Å². The highest BCUT2D eigenvalue weighted by Crippen LogP contribution is 2.35. The van der Waals surface area contributed by atoms with E-state index < -0.39 is 11.7 Å². The molecule has 2 N–H and O–H groups in total. The second-order valence-electron chi connectivity index (χ2n) is 9.85. The fourth-order valence-electron chi connectivity index (χ4n) is 4.97. The number of aliphatic hydroxyl groups is 2. The number of amides is 1. The minimum atomic E-state index is -0.821. The first kappa shape index (κ1) is 26.4. The summed E-state index contributed by atoms with van der Waals surface area (Å²) in [6, 6.07) is 13.6. The van der Waals surface area contributed by atoms with Crippen molar-refractivity contribution in [2.45, 2.75) is 38.4 Å². The Morgan fingerprint density at radius 3 is 2.56 bits per heavy atom. The molecule has 4 rings (SSSR count). The predicted molar refractivity (Wildman–Crippen MR) is 140 cm³/mol. The van der Waals surface area contributed by atoms with Crippen molar-refractivity contribution in [3.8, 4) is 5.75 Å². The highest BCUT2D eigenvalue weighted by Gasteiger charge is 2.35. The first-order valence-corrected chi connectivity index (χ1v) is 12.8. The molecule has 0 radical (unpaired) electrons. The number of aryl methyl sites for hydroxylation is 1. The number of aliphatic hydroxyl groups excluding tert-OH is 1. The normalized spacial score (nSPS) is 19.4. The van der Waals surface area contributed by atoms with Crippen LogP contribution in [0.1, 0.15) is 35.1 Å². The molecule has 1 amide bonds. The van der Waals surface area contributed by atoms with Crippen molar-refractivity contribution in [3.05, 3.63) is 70.8 Å². The maximum atomic E-state index is 12.4. The highest BCUT2D eigenvalue weighted by atomic mass is 16.5. The molecule has 2 aliphatic heterocycles. The van der Waals surface area contributed by atoms with Gasteiger partial charge in [-0.25, -0.2) is 0 Å². The number of nitrogens with zero attached hydrogens (tertiary/aromatic N) is 2. The SMILES string of the molecule is Cc1cccc(C2(O)CCN(CC(O)COc3ccccc3C=CC(=O)N3CCOCC3)CC2)c1C. The number of ether oxygens (including phenoxy) is 2. The molecule has 194 valence electrons. The van der Waals surface area contributed by atoms with Gasteiger partial charge in [-0.1, -0.05) is 36.4 Å². The zero-order valence-electron chi connectivity index (χ0n) is 21.4. The molecule has 2 aromatic rings. The van der Waals surface area contributed by atoms with Crippen molar-refractivity contribution < 1.29 is 24.5 Å². The Labute approximate surface area is 213 Å². The van der Waals surface area contributed by atoms with E-state index in [-0.39, 0.29) is 12.5 Å². The number of rotatable bonds is 8. The van der Waals surface area contributed by atoms with E-state index in [1.807, 2.05) is 36.4 Å². The van der Waals surface area contributed by atoms with Gasteiger partial charge in [0.05, 0.1) is 18.8 Å². The van der Waals surface area contributed by atoms with Gasteiger partial charge >= 0.3 is 0 Å². The molecule has 0 aromatic heterocycles. The smallest absolute Gasteiger partial charge is 0.246 e. The molecule has 7 heteroatoms. The molecule has 1 atom stereocenters. The summed E-state index contributed by atoms with van der Waals surface area (Å²) in [5, 5.41) is 22.0. The number of piperidine rings is 1. The van der Waals surface area contributed by atoms with E-state index in [4.69, 9.17) is 9.47 Å². The van der Waals surface area contributed by atoms with Crippen molar-refractivity contribution in [3.63, 3.8) is 0 Å². The molecular formula is C29H38N2O5. The van der Waals surface area contributed by atoms with Crippen molar-refractivity contribution >= 4 is 12.0 Å². The van der Waals surface area contributed by atoms with Gasteiger partial charge < -0.3 is 29.5 Å². The molecule has 0 saturated carbocycles. The van der Waals surface area contributed by atoms with Gasteiger partial charge in [0.1, 0.15) is 18.5 Å². The third kappa shape index (κ3) is 6.53. The molecule has 0 bridgehead atoms. The average Bonchev–Trinajstić information content (AvgIpc) is 2.90. The number of likely N-dealkylation sites (tertiary alicyclic amines) is 1. The van der Waals surface area contributed by atoms with Crippen molar-refractivity contribution in [2.24, 2.45) is 0 Å². The van der Waals surface area contributed by atoms with Gasteiger partial charge in [-0.3, -0.25) is 4.79 Å². The second-order valence-corrected chi connectivity index (χ2v) is 9.85. The van der Waals surface area contributed by atoms with Crippen LogP contribution in [0, 0.1) is 13.8 Å². The van der Waals surface area contributed by atoms with E-state index in [1.165, 1.54) is 5.56 Å². The number of carbonyl (C=O) groups excluding carboxylic acids is 1. The quantitative estimate of drug-likeness (QED) is 0.550. The second kappa shape index (κ2) is 12.0. The van der Waals surface area contributed by atoms with Gasteiger partial charge in [-0.05, 0) is 55.5 Å². The summed E-state index contributed by atoms with van der Waals surface area (Å²) >= 11 is 0. The fourth-order valence-corrected chi connectivity index (χ4v) is 4.97. The lowest BCUT2D eigenvalue weighted by atomic mass is 9.81. The molecule has 2 aromatic carbocycles. The Morgan fingerprint density at radius 1 is 1.08 bits per heavy atom. The summed E-state index contributed by atoms with van der Waals surface area (Å²) in [5.74, 6) is 0.588. The number of carbonyl (C=O) groups is 1. The van der Waals surface area contributed by atoms with Crippen LogP contribution in [0.15, 0.2) is 48.5 Å². The summed E-state index contributed by atoms with van der Waals surface area (Å²) < 4.78 is 11.2. The number of morpholine rings is 1. The topological polar surface area (TPSA) is 82.5 Å². The van der Waals surface area contributed by atoms with Crippen LogP contribution in [0.2, 0.25) is 0 Å². The number of para-hydroxylation sites is 1. The maximum Gasteiger partial charge on any atom is 0.246 e. The lowest BCUT2D eigenvalue weighted by molar-refractivity contribution is -0.129. The number of β-amino-alcohol motifs (C(OH)–C–C–N with tert-alkyl or cyclic N) is 1. The van der Waals surface area contributed by atoms with Crippen LogP contribution in [0.5, 0.6) is 5.75 Å². The van der Waals surface area contributed by atoms with Crippen LogP contribution in [0.3, 0.4) is 0 Å². The van der Waals surface area contributed by atoms with E-state index in [1.54, 1.807) is 17.1 Å². The van der Waals surface area contributed by atoms with Gasteiger partial charge in [0.2, 0.25) is 5.91 Å². The Balaban J connectivity index is 1.27. The van der Waals surface area contributed by atoms with E-state index in [9.17, 15) is 15.0 Å². The Hall–Kier alpha value is -2.71. The molecule has 2 fully saturated rings. The van der Waals surface area contributed by atoms with E-state index in [2.05, 4.69) is 24.8 Å². The van der Waals surface area contributed by atoms with Crippen molar-refractivity contribution in [2.75, 3.05) is 52.5 Å². The number of benzene rings is 2. The van der Waals surface area contributed by atoms with Crippen LogP contribution in [0.25, 0.3) is 6.08 Å². The minimum absolute atomic E-state index is 0.0425. The van der Waals surface area contributed by atoms with Gasteiger partial charge in [0.25, 0.3) is 0 Å². The predicted octanol–water partition coefficient (Wildman–Crippen LogP) is 2.90.